The summed E-state index contributed by atoms with van der Waals surface area (Å²) >= 11 is 0. The molecule has 0 amide bonds. The van der Waals surface area contributed by atoms with Crippen molar-refractivity contribution in [2.24, 2.45) is 0 Å². The summed E-state index contributed by atoms with van der Waals surface area (Å²) in [5.74, 6) is 0. The summed E-state index contributed by atoms with van der Waals surface area (Å²) in [6.07, 6.45) is 0. The highest BCUT2D eigenvalue weighted by Crippen LogP contribution is 1.91. The van der Waals surface area contributed by atoms with E-state index in [0.717, 1.165) is 5.46 Å². The normalized spacial score (nSPS) is 9.11. The summed E-state index contributed by atoms with van der Waals surface area (Å²) in [6, 6.07) is 7.43. The lowest BCUT2D eigenvalue weighted by molar-refractivity contribution is 0.885. The third-order valence-electron chi connectivity index (χ3n) is 1.27. The van der Waals surface area contributed by atoms with E-state index in [0.29, 0.717) is 0 Å². The molecule has 0 nitrogen and oxygen atoms in total. The van der Waals surface area contributed by atoms with E-state index in [2.05, 4.69) is 0 Å². The maximum absolute atomic E-state index is 11.9. The van der Waals surface area contributed by atoms with Crippen molar-refractivity contribution in [1.82, 2.24) is 0 Å². The average molecular weight is 122 g/mol. The third-order valence-corrected chi connectivity index (χ3v) is 1.27. The Morgan fingerprint density at radius 3 is 2.22 bits per heavy atom. The molecule has 1 aromatic carbocycles. The van der Waals surface area contributed by atoms with Crippen molar-refractivity contribution in [1.29, 1.82) is 0 Å². The molecule has 0 atom stereocenters. The highest BCUT2D eigenvalue weighted by Gasteiger charge is 1.90. The first kappa shape index (κ1) is 6.34. The van der Waals surface area contributed by atoms with Gasteiger partial charge in [-0.15, -0.1) is 0 Å². The van der Waals surface area contributed by atoms with Crippen molar-refractivity contribution in [3.8, 4) is 0 Å². The van der Waals surface area contributed by atoms with Gasteiger partial charge in [0.25, 0.3) is 0 Å². The molecule has 2 heteroatoms. The second kappa shape index (κ2) is 2.67. The second-order valence-electron chi connectivity index (χ2n) is 2.12. The summed E-state index contributed by atoms with van der Waals surface area (Å²) in [4.78, 5) is 0. The molecular weight excluding hydrogens is 114 g/mol. The van der Waals surface area contributed by atoms with Crippen LogP contribution in [0.5, 0.6) is 0 Å². The van der Waals surface area contributed by atoms with Gasteiger partial charge in [0.1, 0.15) is 0 Å². The van der Waals surface area contributed by atoms with E-state index in [1.54, 1.807) is 12.1 Å². The van der Waals surface area contributed by atoms with Gasteiger partial charge in [0.2, 0.25) is 0 Å². The molecule has 0 aromatic heterocycles. The number of halogens is 1. The predicted molar refractivity (Wildman–Crippen MR) is 39.1 cm³/mol. The Balaban J connectivity index is 2.88. The fourth-order valence-corrected chi connectivity index (χ4v) is 0.677. The maximum Gasteiger partial charge on any atom is 0.364 e. The van der Waals surface area contributed by atoms with Crippen molar-refractivity contribution < 1.29 is 4.32 Å². The predicted octanol–water partition coefficient (Wildman–Crippen LogP) is 0.941. The highest BCUT2D eigenvalue weighted by atomic mass is 19.1. The first-order valence-electron chi connectivity index (χ1n) is 2.94. The molecule has 0 spiro atoms. The molecule has 0 saturated carbocycles. The average Bonchev–Trinajstić information content (AvgIpc) is 1.90. The van der Waals surface area contributed by atoms with Crippen LogP contribution in [0, 0.1) is 6.92 Å². The summed E-state index contributed by atoms with van der Waals surface area (Å²) in [5.41, 5.74) is 1.92. The maximum atomic E-state index is 11.9. The zero-order valence-corrected chi connectivity index (χ0v) is 5.39. The first-order chi connectivity index (χ1) is 4.33. The fourth-order valence-electron chi connectivity index (χ4n) is 0.677. The van der Waals surface area contributed by atoms with E-state index < -0.39 is 0 Å². The Bertz CT molecular complexity index is 181. The van der Waals surface area contributed by atoms with Crippen LogP contribution in [0.2, 0.25) is 0 Å². The Labute approximate surface area is 55.0 Å². The minimum atomic E-state index is -0.361. The smallest absolute Gasteiger partial charge is 0.335 e. The number of hydrogen-bond donors (Lipinski definition) is 0. The zero-order chi connectivity index (χ0) is 6.69. The molecule has 0 saturated heterocycles. The van der Waals surface area contributed by atoms with Gasteiger partial charge < -0.3 is 4.32 Å². The van der Waals surface area contributed by atoms with Crippen LogP contribution < -0.4 is 5.46 Å². The van der Waals surface area contributed by atoms with Crippen LogP contribution in [0.4, 0.5) is 4.32 Å². The minimum absolute atomic E-state index is 0.361. The first-order valence-corrected chi connectivity index (χ1v) is 2.94. The fraction of sp³-hybridized carbons (Fsp3) is 0.143. The second-order valence-corrected chi connectivity index (χ2v) is 2.12. The lowest BCUT2D eigenvalue weighted by atomic mass is 9.91. The number of benzene rings is 1. The molecule has 0 N–H and O–H groups in total. The van der Waals surface area contributed by atoms with E-state index in [-0.39, 0.29) is 7.56 Å². The van der Waals surface area contributed by atoms with Gasteiger partial charge in [-0.1, -0.05) is 29.8 Å². The molecule has 0 heterocycles. The van der Waals surface area contributed by atoms with Crippen LogP contribution >= 0.6 is 0 Å². The van der Waals surface area contributed by atoms with E-state index in [1.807, 2.05) is 19.1 Å². The standard InChI is InChI=1S/C7H8BF/c1-6-2-4-7(8-9)5-3-6/h2-5,8H,1H3. The van der Waals surface area contributed by atoms with Crippen molar-refractivity contribution in [2.45, 2.75) is 6.92 Å². The van der Waals surface area contributed by atoms with Crippen molar-refractivity contribution in [3.63, 3.8) is 0 Å². The summed E-state index contributed by atoms with van der Waals surface area (Å²) < 4.78 is 11.9. The largest absolute Gasteiger partial charge is 0.364 e. The minimum Gasteiger partial charge on any atom is -0.335 e. The number of rotatable bonds is 1. The molecule has 9 heavy (non-hydrogen) atoms. The number of aryl methyl sites for hydroxylation is 1. The van der Waals surface area contributed by atoms with Crippen molar-refractivity contribution in [3.05, 3.63) is 29.8 Å². The lowest BCUT2D eigenvalue weighted by Crippen LogP contribution is -2.07. The Morgan fingerprint density at radius 2 is 1.78 bits per heavy atom. The zero-order valence-electron chi connectivity index (χ0n) is 5.39. The topological polar surface area (TPSA) is 0 Å². The SMILES string of the molecule is Cc1ccc(BF)cc1. The van der Waals surface area contributed by atoms with Gasteiger partial charge >= 0.3 is 7.56 Å². The van der Waals surface area contributed by atoms with Crippen LogP contribution in [0.25, 0.3) is 0 Å². The van der Waals surface area contributed by atoms with Crippen LogP contribution in [-0.4, -0.2) is 7.56 Å². The van der Waals surface area contributed by atoms with Gasteiger partial charge in [0.15, 0.2) is 0 Å². The molecule has 0 fully saturated rings. The molecule has 0 aliphatic carbocycles. The van der Waals surface area contributed by atoms with Crippen molar-refractivity contribution in [2.75, 3.05) is 0 Å². The Kier molecular flexibility index (Phi) is 1.88. The molecule has 1 rings (SSSR count). The van der Waals surface area contributed by atoms with Crippen LogP contribution in [0.15, 0.2) is 24.3 Å². The van der Waals surface area contributed by atoms with Crippen LogP contribution in [0.1, 0.15) is 5.56 Å². The van der Waals surface area contributed by atoms with Gasteiger partial charge in [0.05, 0.1) is 0 Å². The highest BCUT2D eigenvalue weighted by molar-refractivity contribution is 6.46. The summed E-state index contributed by atoms with van der Waals surface area (Å²) in [7, 11) is -0.361. The lowest BCUT2D eigenvalue weighted by Gasteiger charge is -1.91. The van der Waals surface area contributed by atoms with E-state index >= 15 is 0 Å². The molecule has 0 aliphatic heterocycles. The monoisotopic (exact) mass is 122 g/mol. The molecule has 0 unspecified atom stereocenters. The third kappa shape index (κ3) is 1.56. The van der Waals surface area contributed by atoms with Gasteiger partial charge in [0, 0.05) is 0 Å². The van der Waals surface area contributed by atoms with E-state index in [1.165, 1.54) is 5.56 Å². The Morgan fingerprint density at radius 1 is 1.22 bits per heavy atom. The van der Waals surface area contributed by atoms with E-state index in [4.69, 9.17) is 0 Å². The van der Waals surface area contributed by atoms with Crippen LogP contribution in [0.3, 0.4) is 0 Å². The Hall–Kier alpha value is -0.785. The molecule has 0 aliphatic rings. The van der Waals surface area contributed by atoms with Crippen molar-refractivity contribution >= 4 is 13.0 Å². The number of hydrogen-bond acceptors (Lipinski definition) is 0. The van der Waals surface area contributed by atoms with Gasteiger partial charge in [-0.25, -0.2) is 0 Å². The van der Waals surface area contributed by atoms with Gasteiger partial charge in [-0.05, 0) is 12.4 Å². The molecular formula is C7H8BF. The quantitative estimate of drug-likeness (QED) is 0.486. The van der Waals surface area contributed by atoms with Gasteiger partial charge in [-0.2, -0.15) is 0 Å². The molecule has 0 bridgehead atoms. The van der Waals surface area contributed by atoms with Gasteiger partial charge in [-0.3, -0.25) is 0 Å². The molecule has 0 radical (unpaired) electrons. The summed E-state index contributed by atoms with van der Waals surface area (Å²) in [5, 5.41) is 0. The summed E-state index contributed by atoms with van der Waals surface area (Å²) in [6.45, 7) is 1.99. The van der Waals surface area contributed by atoms with Crippen LogP contribution in [-0.2, 0) is 0 Å². The molecule has 1 aromatic rings. The van der Waals surface area contributed by atoms with E-state index in [9.17, 15) is 4.32 Å². The molecule has 46 valence electrons.